The summed E-state index contributed by atoms with van der Waals surface area (Å²) in [6.45, 7) is 2.58. The Morgan fingerprint density at radius 3 is 2.92 bits per heavy atom. The molecule has 0 unspecified atom stereocenters. The van der Waals surface area contributed by atoms with Crippen LogP contribution in [0.3, 0.4) is 0 Å². The van der Waals surface area contributed by atoms with Crippen LogP contribution in [0.1, 0.15) is 19.8 Å². The van der Waals surface area contributed by atoms with Crippen LogP contribution in [0, 0.1) is 0 Å². The summed E-state index contributed by atoms with van der Waals surface area (Å²) < 4.78 is 0. The fourth-order valence-corrected chi connectivity index (χ4v) is 1.12. The molecule has 72 valence electrons. The van der Waals surface area contributed by atoms with Gasteiger partial charge in [-0.25, -0.2) is 4.79 Å². The van der Waals surface area contributed by atoms with E-state index in [4.69, 9.17) is 5.11 Å². The molecule has 1 heterocycles. The fourth-order valence-electron chi connectivity index (χ4n) is 1.12. The number of amides is 1. The molecular weight excluding hydrogens is 168 g/mol. The zero-order valence-electron chi connectivity index (χ0n) is 7.66. The molecule has 0 aliphatic rings. The van der Waals surface area contributed by atoms with Crippen molar-refractivity contribution in [2.75, 3.05) is 11.4 Å². The summed E-state index contributed by atoms with van der Waals surface area (Å²) in [5, 5.41) is 8.88. The molecule has 0 aromatic carbocycles. The maximum atomic E-state index is 10.8. The molecular formula is C9H14N2O2. The molecule has 1 rings (SSSR count). The second-order valence-corrected chi connectivity index (χ2v) is 2.84. The highest BCUT2D eigenvalue weighted by Crippen LogP contribution is 2.11. The molecule has 4 heteroatoms. The van der Waals surface area contributed by atoms with Crippen molar-refractivity contribution >= 4 is 11.9 Å². The molecule has 0 aliphatic carbocycles. The summed E-state index contributed by atoms with van der Waals surface area (Å²) in [4.78, 5) is 15.0. The average Bonchev–Trinajstić information content (AvgIpc) is 2.57. The first-order valence-corrected chi connectivity index (χ1v) is 4.39. The monoisotopic (exact) mass is 182 g/mol. The van der Waals surface area contributed by atoms with Gasteiger partial charge in [-0.15, -0.1) is 0 Å². The number of rotatable bonds is 4. The van der Waals surface area contributed by atoms with Gasteiger partial charge in [0.1, 0.15) is 5.82 Å². The van der Waals surface area contributed by atoms with E-state index in [0.29, 0.717) is 12.4 Å². The smallest absolute Gasteiger partial charge is 0.412 e. The van der Waals surface area contributed by atoms with Gasteiger partial charge in [0, 0.05) is 12.7 Å². The van der Waals surface area contributed by atoms with Gasteiger partial charge in [0.05, 0.1) is 0 Å². The molecule has 2 N–H and O–H groups in total. The van der Waals surface area contributed by atoms with Crippen LogP contribution in [0.15, 0.2) is 18.3 Å². The van der Waals surface area contributed by atoms with Crippen molar-refractivity contribution in [3.63, 3.8) is 0 Å². The van der Waals surface area contributed by atoms with Crippen molar-refractivity contribution in [2.45, 2.75) is 19.8 Å². The summed E-state index contributed by atoms with van der Waals surface area (Å²) in [6.07, 6.45) is 2.68. The quantitative estimate of drug-likeness (QED) is 0.750. The van der Waals surface area contributed by atoms with E-state index in [-0.39, 0.29) is 0 Å². The van der Waals surface area contributed by atoms with Crippen LogP contribution in [0.25, 0.3) is 0 Å². The number of hydrogen-bond donors (Lipinski definition) is 2. The molecule has 0 bridgehead atoms. The first kappa shape index (κ1) is 9.64. The van der Waals surface area contributed by atoms with E-state index in [1.807, 2.05) is 6.92 Å². The first-order valence-electron chi connectivity index (χ1n) is 4.39. The van der Waals surface area contributed by atoms with Crippen molar-refractivity contribution in [3.05, 3.63) is 18.3 Å². The van der Waals surface area contributed by atoms with Crippen LogP contribution >= 0.6 is 0 Å². The lowest BCUT2D eigenvalue weighted by Gasteiger charge is -2.16. The summed E-state index contributed by atoms with van der Waals surface area (Å²) >= 11 is 0. The van der Waals surface area contributed by atoms with E-state index < -0.39 is 6.09 Å². The fraction of sp³-hybridized carbons (Fsp3) is 0.444. The molecule has 0 fully saturated rings. The highest BCUT2D eigenvalue weighted by molar-refractivity contribution is 5.84. The van der Waals surface area contributed by atoms with E-state index >= 15 is 0 Å². The number of aromatic amines is 1. The van der Waals surface area contributed by atoms with E-state index in [2.05, 4.69) is 4.98 Å². The topological polar surface area (TPSA) is 56.3 Å². The van der Waals surface area contributed by atoms with Gasteiger partial charge >= 0.3 is 6.09 Å². The number of nitrogens with zero attached hydrogens (tertiary/aromatic N) is 1. The van der Waals surface area contributed by atoms with Crippen molar-refractivity contribution in [3.8, 4) is 0 Å². The summed E-state index contributed by atoms with van der Waals surface area (Å²) in [5.41, 5.74) is 0. The maximum Gasteiger partial charge on any atom is 0.412 e. The molecule has 0 atom stereocenters. The molecule has 1 aromatic rings. The zero-order valence-corrected chi connectivity index (χ0v) is 7.66. The number of anilines is 1. The Morgan fingerprint density at radius 2 is 2.46 bits per heavy atom. The van der Waals surface area contributed by atoms with Crippen LogP contribution < -0.4 is 4.90 Å². The van der Waals surface area contributed by atoms with Gasteiger partial charge in [0.15, 0.2) is 0 Å². The predicted octanol–water partition coefficient (Wildman–Crippen LogP) is 2.30. The lowest BCUT2D eigenvalue weighted by atomic mass is 10.3. The molecule has 4 nitrogen and oxygen atoms in total. The summed E-state index contributed by atoms with van der Waals surface area (Å²) in [7, 11) is 0. The van der Waals surface area contributed by atoms with Crippen LogP contribution in [-0.2, 0) is 0 Å². The number of H-pyrrole nitrogens is 1. The van der Waals surface area contributed by atoms with Gasteiger partial charge < -0.3 is 10.1 Å². The molecule has 0 saturated carbocycles. The number of carboxylic acid groups (broad SMARTS) is 1. The highest BCUT2D eigenvalue weighted by atomic mass is 16.4. The molecule has 0 saturated heterocycles. The maximum absolute atomic E-state index is 10.8. The zero-order chi connectivity index (χ0) is 9.68. The number of hydrogen-bond acceptors (Lipinski definition) is 1. The van der Waals surface area contributed by atoms with E-state index in [9.17, 15) is 4.79 Å². The Labute approximate surface area is 77.2 Å². The van der Waals surface area contributed by atoms with E-state index in [1.54, 1.807) is 18.3 Å². The standard InChI is InChI=1S/C9H14N2O2/c1-2-3-7-11(9(12)13)8-5-4-6-10-8/h4-6,10H,2-3,7H2,1H3,(H,12,13). The normalized spacial score (nSPS) is 9.92. The molecule has 0 spiro atoms. The van der Waals surface area contributed by atoms with Crippen LogP contribution in [0.4, 0.5) is 10.6 Å². The average molecular weight is 182 g/mol. The minimum atomic E-state index is -0.907. The third kappa shape index (κ3) is 2.50. The number of carbonyl (C=O) groups is 1. The van der Waals surface area contributed by atoms with Crippen LogP contribution in [-0.4, -0.2) is 22.7 Å². The molecule has 1 amide bonds. The Kier molecular flexibility index (Phi) is 3.37. The van der Waals surface area contributed by atoms with Crippen molar-refractivity contribution < 1.29 is 9.90 Å². The predicted molar refractivity (Wildman–Crippen MR) is 51.1 cm³/mol. The Hall–Kier alpha value is -1.45. The second kappa shape index (κ2) is 4.54. The van der Waals surface area contributed by atoms with Gasteiger partial charge in [-0.1, -0.05) is 13.3 Å². The largest absolute Gasteiger partial charge is 0.465 e. The van der Waals surface area contributed by atoms with E-state index in [1.165, 1.54) is 4.90 Å². The Morgan fingerprint density at radius 1 is 1.69 bits per heavy atom. The lowest BCUT2D eigenvalue weighted by molar-refractivity contribution is 0.201. The third-order valence-electron chi connectivity index (χ3n) is 1.84. The van der Waals surface area contributed by atoms with Crippen LogP contribution in [0.2, 0.25) is 0 Å². The van der Waals surface area contributed by atoms with Crippen molar-refractivity contribution in [1.29, 1.82) is 0 Å². The Balaban J connectivity index is 2.63. The van der Waals surface area contributed by atoms with Crippen molar-refractivity contribution in [1.82, 2.24) is 4.98 Å². The van der Waals surface area contributed by atoms with Gasteiger partial charge in [-0.2, -0.15) is 0 Å². The minimum Gasteiger partial charge on any atom is -0.465 e. The van der Waals surface area contributed by atoms with Crippen molar-refractivity contribution in [2.24, 2.45) is 0 Å². The van der Waals surface area contributed by atoms with E-state index in [0.717, 1.165) is 12.8 Å². The highest BCUT2D eigenvalue weighted by Gasteiger charge is 2.13. The summed E-state index contributed by atoms with van der Waals surface area (Å²) in [6, 6.07) is 3.54. The molecule has 1 aromatic heterocycles. The third-order valence-corrected chi connectivity index (χ3v) is 1.84. The SMILES string of the molecule is CCCCN(C(=O)O)c1ccc[nH]1. The van der Waals surface area contributed by atoms with Gasteiger partial charge in [0.25, 0.3) is 0 Å². The van der Waals surface area contributed by atoms with Gasteiger partial charge in [-0.05, 0) is 18.6 Å². The lowest BCUT2D eigenvalue weighted by Crippen LogP contribution is -2.30. The first-order chi connectivity index (χ1) is 6.25. The van der Waals surface area contributed by atoms with Gasteiger partial charge in [-0.3, -0.25) is 4.90 Å². The van der Waals surface area contributed by atoms with Crippen LogP contribution in [0.5, 0.6) is 0 Å². The molecule has 0 aliphatic heterocycles. The second-order valence-electron chi connectivity index (χ2n) is 2.84. The summed E-state index contributed by atoms with van der Waals surface area (Å²) in [5.74, 6) is 0.640. The number of aromatic nitrogens is 1. The number of unbranched alkanes of at least 4 members (excludes halogenated alkanes) is 1. The number of nitrogens with one attached hydrogen (secondary N) is 1. The molecule has 0 radical (unpaired) electrons. The molecule has 13 heavy (non-hydrogen) atoms. The minimum absolute atomic E-state index is 0.548. The van der Waals surface area contributed by atoms with Gasteiger partial charge in [0.2, 0.25) is 0 Å². The Bertz CT molecular complexity index is 257.